The molecular weight excluding hydrogens is 278 g/mol. The van der Waals surface area contributed by atoms with E-state index in [0.29, 0.717) is 17.1 Å². The summed E-state index contributed by atoms with van der Waals surface area (Å²) in [5, 5.41) is 0. The second-order valence-electron chi connectivity index (χ2n) is 4.76. The zero-order valence-corrected chi connectivity index (χ0v) is 11.2. The topological polar surface area (TPSA) is 35.5 Å². The average Bonchev–Trinajstić information content (AvgIpc) is 2.46. The molecule has 0 saturated heterocycles. The summed E-state index contributed by atoms with van der Waals surface area (Å²) in [5.74, 6) is -0.645. The number of ether oxygens (including phenoxy) is 2. The molecule has 108 valence electrons. The molecule has 1 aliphatic rings. The van der Waals surface area contributed by atoms with Crippen molar-refractivity contribution in [2.75, 3.05) is 7.11 Å². The Kier molecular flexibility index (Phi) is 3.33. The predicted octanol–water partition coefficient (Wildman–Crippen LogP) is 3.68. The molecule has 0 spiro atoms. The Morgan fingerprint density at radius 2 is 2.00 bits per heavy atom. The number of Topliss-reactive ketones (excluding diaryl/α,β-unsaturated/α-hetero) is 1. The smallest absolute Gasteiger partial charge is 0.170 e. The van der Waals surface area contributed by atoms with Crippen LogP contribution in [0.25, 0.3) is 0 Å². The van der Waals surface area contributed by atoms with Crippen LogP contribution in [0.1, 0.15) is 28.4 Å². The van der Waals surface area contributed by atoms with Gasteiger partial charge in [-0.25, -0.2) is 8.78 Å². The highest BCUT2D eigenvalue weighted by atomic mass is 19.1. The Labute approximate surface area is 120 Å². The fraction of sp³-hybridized carbons (Fsp3) is 0.188. The molecule has 0 aromatic heterocycles. The molecular formula is C16H12F2O3. The molecule has 0 radical (unpaired) electrons. The van der Waals surface area contributed by atoms with E-state index in [-0.39, 0.29) is 17.8 Å². The summed E-state index contributed by atoms with van der Waals surface area (Å²) in [7, 11) is 1.50. The van der Waals surface area contributed by atoms with Crippen LogP contribution in [0, 0.1) is 11.6 Å². The number of fused-ring (bicyclic) bond motifs is 1. The number of benzene rings is 2. The molecule has 3 nitrogen and oxygen atoms in total. The molecule has 2 aromatic rings. The summed E-state index contributed by atoms with van der Waals surface area (Å²) in [5.41, 5.74) is 0.604. The zero-order valence-electron chi connectivity index (χ0n) is 11.2. The van der Waals surface area contributed by atoms with Crippen LogP contribution < -0.4 is 9.47 Å². The maximum atomic E-state index is 13.8. The lowest BCUT2D eigenvalue weighted by Crippen LogP contribution is -2.21. The van der Waals surface area contributed by atoms with Gasteiger partial charge in [-0.15, -0.1) is 0 Å². The highest BCUT2D eigenvalue weighted by Crippen LogP contribution is 2.37. The van der Waals surface area contributed by atoms with Gasteiger partial charge < -0.3 is 9.47 Å². The predicted molar refractivity (Wildman–Crippen MR) is 71.7 cm³/mol. The molecule has 0 amide bonds. The first kappa shape index (κ1) is 13.5. The molecule has 1 heterocycles. The SMILES string of the molecule is COc1ccc2c(c1)OC(c1ccc(F)cc1F)CC2=O. The molecule has 0 fully saturated rings. The van der Waals surface area contributed by atoms with Crippen molar-refractivity contribution in [3.05, 3.63) is 59.2 Å². The van der Waals surface area contributed by atoms with E-state index in [9.17, 15) is 13.6 Å². The van der Waals surface area contributed by atoms with E-state index in [1.165, 1.54) is 13.2 Å². The van der Waals surface area contributed by atoms with Crippen molar-refractivity contribution >= 4 is 5.78 Å². The van der Waals surface area contributed by atoms with E-state index >= 15 is 0 Å². The lowest BCUT2D eigenvalue weighted by molar-refractivity contribution is 0.0845. The van der Waals surface area contributed by atoms with Gasteiger partial charge in [-0.05, 0) is 24.3 Å². The van der Waals surface area contributed by atoms with Gasteiger partial charge in [0.05, 0.1) is 19.1 Å². The summed E-state index contributed by atoms with van der Waals surface area (Å²) in [6.07, 6.45) is -0.750. The van der Waals surface area contributed by atoms with Gasteiger partial charge in [-0.1, -0.05) is 0 Å². The molecule has 0 saturated carbocycles. The van der Waals surface area contributed by atoms with Crippen LogP contribution in [-0.2, 0) is 0 Å². The van der Waals surface area contributed by atoms with Gasteiger partial charge in [-0.3, -0.25) is 4.79 Å². The van der Waals surface area contributed by atoms with E-state index in [0.717, 1.165) is 12.1 Å². The number of hydrogen-bond donors (Lipinski definition) is 0. The maximum Gasteiger partial charge on any atom is 0.170 e. The van der Waals surface area contributed by atoms with Gasteiger partial charge in [0.1, 0.15) is 29.2 Å². The molecule has 0 bridgehead atoms. The summed E-state index contributed by atoms with van der Waals surface area (Å²) in [4.78, 5) is 12.1. The van der Waals surface area contributed by atoms with Gasteiger partial charge in [0.15, 0.2) is 5.78 Å². The lowest BCUT2D eigenvalue weighted by atomic mass is 9.96. The Morgan fingerprint density at radius 1 is 1.19 bits per heavy atom. The van der Waals surface area contributed by atoms with Crippen molar-refractivity contribution < 1.29 is 23.0 Å². The summed E-state index contributed by atoms with van der Waals surface area (Å²) >= 11 is 0. The van der Waals surface area contributed by atoms with E-state index in [4.69, 9.17) is 9.47 Å². The van der Waals surface area contributed by atoms with Crippen molar-refractivity contribution in [2.45, 2.75) is 12.5 Å². The number of ketones is 1. The summed E-state index contributed by atoms with van der Waals surface area (Å²) < 4.78 is 37.6. The first-order valence-corrected chi connectivity index (χ1v) is 6.41. The second-order valence-corrected chi connectivity index (χ2v) is 4.76. The van der Waals surface area contributed by atoms with Crippen molar-refractivity contribution in [3.8, 4) is 11.5 Å². The number of carbonyl (C=O) groups excluding carboxylic acids is 1. The monoisotopic (exact) mass is 290 g/mol. The van der Waals surface area contributed by atoms with E-state index in [1.807, 2.05) is 0 Å². The largest absolute Gasteiger partial charge is 0.497 e. The minimum absolute atomic E-state index is 0.0158. The van der Waals surface area contributed by atoms with Crippen molar-refractivity contribution in [2.24, 2.45) is 0 Å². The van der Waals surface area contributed by atoms with Gasteiger partial charge in [-0.2, -0.15) is 0 Å². The number of halogens is 2. The molecule has 1 unspecified atom stereocenters. The third-order valence-corrected chi connectivity index (χ3v) is 3.44. The van der Waals surface area contributed by atoms with Crippen LogP contribution in [0.3, 0.4) is 0 Å². The lowest BCUT2D eigenvalue weighted by Gasteiger charge is -2.26. The highest BCUT2D eigenvalue weighted by Gasteiger charge is 2.29. The van der Waals surface area contributed by atoms with Gasteiger partial charge in [0.2, 0.25) is 0 Å². The summed E-state index contributed by atoms with van der Waals surface area (Å²) in [6.45, 7) is 0. The molecule has 21 heavy (non-hydrogen) atoms. The second kappa shape index (κ2) is 5.16. The van der Waals surface area contributed by atoms with Crippen molar-refractivity contribution in [3.63, 3.8) is 0 Å². The first-order chi connectivity index (χ1) is 10.1. The number of rotatable bonds is 2. The van der Waals surface area contributed by atoms with Crippen LogP contribution in [0.5, 0.6) is 11.5 Å². The minimum Gasteiger partial charge on any atom is -0.497 e. The van der Waals surface area contributed by atoms with Gasteiger partial charge in [0, 0.05) is 17.7 Å². The molecule has 0 aliphatic carbocycles. The number of carbonyl (C=O) groups is 1. The van der Waals surface area contributed by atoms with Crippen LogP contribution in [0.4, 0.5) is 8.78 Å². The average molecular weight is 290 g/mol. The number of methoxy groups -OCH3 is 1. The van der Waals surface area contributed by atoms with Gasteiger partial charge in [0.25, 0.3) is 0 Å². The number of hydrogen-bond acceptors (Lipinski definition) is 3. The quantitative estimate of drug-likeness (QED) is 0.846. The van der Waals surface area contributed by atoms with E-state index < -0.39 is 17.7 Å². The van der Waals surface area contributed by atoms with E-state index in [2.05, 4.69) is 0 Å². The fourth-order valence-corrected chi connectivity index (χ4v) is 2.37. The molecule has 3 rings (SSSR count). The standard InChI is InChI=1S/C16H12F2O3/c1-20-10-3-5-12-14(19)8-16(21-15(12)7-10)11-4-2-9(17)6-13(11)18/h2-7,16H,8H2,1H3. The normalized spacial score (nSPS) is 17.1. The third-order valence-electron chi connectivity index (χ3n) is 3.44. The minimum atomic E-state index is -0.766. The van der Waals surface area contributed by atoms with E-state index in [1.54, 1.807) is 18.2 Å². The molecule has 2 aromatic carbocycles. The maximum absolute atomic E-state index is 13.8. The van der Waals surface area contributed by atoms with Crippen LogP contribution in [-0.4, -0.2) is 12.9 Å². The van der Waals surface area contributed by atoms with Gasteiger partial charge >= 0.3 is 0 Å². The zero-order chi connectivity index (χ0) is 15.0. The third kappa shape index (κ3) is 2.46. The fourth-order valence-electron chi connectivity index (χ4n) is 2.37. The van der Waals surface area contributed by atoms with Crippen LogP contribution in [0.2, 0.25) is 0 Å². The Hall–Kier alpha value is -2.43. The molecule has 1 atom stereocenters. The molecule has 0 N–H and O–H groups in total. The highest BCUT2D eigenvalue weighted by molar-refractivity contribution is 6.00. The first-order valence-electron chi connectivity index (χ1n) is 6.41. The van der Waals surface area contributed by atoms with Crippen molar-refractivity contribution in [1.29, 1.82) is 0 Å². The Bertz CT molecular complexity index is 713. The summed E-state index contributed by atoms with van der Waals surface area (Å²) in [6, 6.07) is 8.10. The Balaban J connectivity index is 1.99. The van der Waals surface area contributed by atoms with Crippen molar-refractivity contribution in [1.82, 2.24) is 0 Å². The van der Waals surface area contributed by atoms with Crippen LogP contribution >= 0.6 is 0 Å². The molecule has 1 aliphatic heterocycles. The Morgan fingerprint density at radius 3 is 2.71 bits per heavy atom. The van der Waals surface area contributed by atoms with Crippen LogP contribution in [0.15, 0.2) is 36.4 Å². The molecule has 5 heteroatoms.